The van der Waals surface area contributed by atoms with Gasteiger partial charge in [-0.15, -0.1) is 0 Å². The van der Waals surface area contributed by atoms with Crippen LogP contribution >= 0.6 is 22.9 Å². The fraction of sp³-hybridized carbons (Fsp3) is 0.143. The third-order valence-electron chi connectivity index (χ3n) is 4.53. The minimum Gasteiger partial charge on any atom is -0.297 e. The van der Waals surface area contributed by atoms with Gasteiger partial charge in [-0.25, -0.2) is 9.67 Å². The number of para-hydroxylation sites is 1. The topological polar surface area (TPSA) is 63.9 Å². The van der Waals surface area contributed by atoms with Gasteiger partial charge in [0.25, 0.3) is 5.91 Å². The van der Waals surface area contributed by atoms with Crippen LogP contribution in [-0.2, 0) is 0 Å². The van der Waals surface area contributed by atoms with Crippen molar-refractivity contribution in [2.24, 2.45) is 0 Å². The molecule has 146 valence electrons. The minimum atomic E-state index is -0.157. The second-order valence-electron chi connectivity index (χ2n) is 6.30. The summed E-state index contributed by atoms with van der Waals surface area (Å²) in [4.78, 5) is 23.5. The minimum absolute atomic E-state index is 0.157. The lowest BCUT2D eigenvalue weighted by Gasteiger charge is -2.18. The highest BCUT2D eigenvalue weighted by molar-refractivity contribution is 7.19. The zero-order chi connectivity index (χ0) is 20.4. The Morgan fingerprint density at radius 2 is 1.97 bits per heavy atom. The molecule has 1 amide bonds. The molecule has 3 heterocycles. The summed E-state index contributed by atoms with van der Waals surface area (Å²) in [6.45, 7) is 4.26. The molecule has 8 heteroatoms. The number of aromatic nitrogens is 4. The number of benzene rings is 1. The van der Waals surface area contributed by atoms with Crippen LogP contribution in [0.3, 0.4) is 0 Å². The van der Waals surface area contributed by atoms with Crippen LogP contribution in [-0.4, -0.2) is 32.2 Å². The van der Waals surface area contributed by atoms with Gasteiger partial charge in [0.1, 0.15) is 10.0 Å². The smallest absolute Gasteiger partial charge is 0.262 e. The Morgan fingerprint density at radius 1 is 1.17 bits per heavy atom. The predicted molar refractivity (Wildman–Crippen MR) is 116 cm³/mol. The van der Waals surface area contributed by atoms with E-state index in [4.69, 9.17) is 11.6 Å². The molecule has 4 aromatic rings. The molecular weight excluding hydrogens is 406 g/mol. The second kappa shape index (κ2) is 8.14. The SMILES string of the molecule is CCN(C(=O)c1cnn(-c2ccccc2)c1C)c1sc(-c2cccnc2)nc1Cl. The number of amides is 1. The van der Waals surface area contributed by atoms with E-state index in [1.807, 2.05) is 56.3 Å². The average molecular weight is 424 g/mol. The number of halogens is 1. The molecule has 6 nitrogen and oxygen atoms in total. The Balaban J connectivity index is 1.68. The summed E-state index contributed by atoms with van der Waals surface area (Å²) in [7, 11) is 0. The maximum Gasteiger partial charge on any atom is 0.262 e. The van der Waals surface area contributed by atoms with Gasteiger partial charge in [-0.3, -0.25) is 14.7 Å². The van der Waals surface area contributed by atoms with Crippen molar-refractivity contribution >= 4 is 33.8 Å². The quantitative estimate of drug-likeness (QED) is 0.452. The van der Waals surface area contributed by atoms with Gasteiger partial charge in [0.15, 0.2) is 5.15 Å². The van der Waals surface area contributed by atoms with Crippen molar-refractivity contribution in [1.29, 1.82) is 0 Å². The molecule has 0 radical (unpaired) electrons. The molecule has 0 aliphatic rings. The van der Waals surface area contributed by atoms with Gasteiger partial charge in [0.2, 0.25) is 0 Å². The molecule has 4 rings (SSSR count). The number of carbonyl (C=O) groups is 1. The Kier molecular flexibility index (Phi) is 5.42. The molecule has 0 unspecified atom stereocenters. The lowest BCUT2D eigenvalue weighted by atomic mass is 10.2. The third-order valence-corrected chi connectivity index (χ3v) is 6.03. The first-order valence-corrected chi connectivity index (χ1v) is 10.3. The number of thiazole rings is 1. The highest BCUT2D eigenvalue weighted by Gasteiger charge is 2.25. The molecule has 29 heavy (non-hydrogen) atoms. The Morgan fingerprint density at radius 3 is 2.66 bits per heavy atom. The Hall–Kier alpha value is -3.03. The van der Waals surface area contributed by atoms with E-state index >= 15 is 0 Å². The second-order valence-corrected chi connectivity index (χ2v) is 7.63. The number of hydrogen-bond donors (Lipinski definition) is 0. The molecule has 0 saturated carbocycles. The van der Waals surface area contributed by atoms with Crippen LogP contribution in [0.25, 0.3) is 16.3 Å². The normalized spacial score (nSPS) is 10.9. The standard InChI is InChI=1S/C21H18ClN5OS/c1-3-26(21-18(22)25-19(29-21)15-8-7-11-23-12-15)20(28)17-13-24-27(14(17)2)16-9-5-4-6-10-16/h4-13H,3H2,1-2H3. The number of nitrogens with zero attached hydrogens (tertiary/aromatic N) is 5. The van der Waals surface area contributed by atoms with Crippen LogP contribution < -0.4 is 4.90 Å². The van der Waals surface area contributed by atoms with Crippen molar-refractivity contribution in [2.75, 3.05) is 11.4 Å². The van der Waals surface area contributed by atoms with E-state index in [1.165, 1.54) is 11.3 Å². The van der Waals surface area contributed by atoms with Gasteiger partial charge < -0.3 is 0 Å². The molecule has 0 saturated heterocycles. The maximum absolute atomic E-state index is 13.3. The molecule has 1 aromatic carbocycles. The van der Waals surface area contributed by atoms with Crippen LogP contribution in [0.5, 0.6) is 0 Å². The van der Waals surface area contributed by atoms with E-state index in [1.54, 1.807) is 28.2 Å². The molecule has 0 aliphatic carbocycles. The van der Waals surface area contributed by atoms with Crippen molar-refractivity contribution in [3.63, 3.8) is 0 Å². The first kappa shape index (κ1) is 19.3. The number of anilines is 1. The van der Waals surface area contributed by atoms with E-state index in [9.17, 15) is 4.79 Å². The molecule has 0 aliphatic heterocycles. The van der Waals surface area contributed by atoms with Crippen LogP contribution in [0.15, 0.2) is 61.1 Å². The molecule has 3 aromatic heterocycles. The fourth-order valence-electron chi connectivity index (χ4n) is 3.05. The first-order chi connectivity index (χ1) is 14.1. The van der Waals surface area contributed by atoms with Crippen LogP contribution in [0.1, 0.15) is 23.0 Å². The summed E-state index contributed by atoms with van der Waals surface area (Å²) in [5.74, 6) is -0.157. The zero-order valence-electron chi connectivity index (χ0n) is 15.9. The van der Waals surface area contributed by atoms with Crippen LogP contribution in [0.4, 0.5) is 5.00 Å². The summed E-state index contributed by atoms with van der Waals surface area (Å²) >= 11 is 7.78. The summed E-state index contributed by atoms with van der Waals surface area (Å²) < 4.78 is 1.76. The highest BCUT2D eigenvalue weighted by atomic mass is 35.5. The number of pyridine rings is 1. The third kappa shape index (κ3) is 3.66. The lowest BCUT2D eigenvalue weighted by molar-refractivity contribution is 0.0988. The monoisotopic (exact) mass is 423 g/mol. The Labute approximate surface area is 177 Å². The number of rotatable bonds is 5. The van der Waals surface area contributed by atoms with Crippen LogP contribution in [0.2, 0.25) is 5.15 Å². The highest BCUT2D eigenvalue weighted by Crippen LogP contribution is 2.38. The molecular formula is C21H18ClN5OS. The molecule has 0 fully saturated rings. The van der Waals surface area contributed by atoms with Crippen molar-refractivity contribution in [3.05, 3.63) is 77.5 Å². The van der Waals surface area contributed by atoms with Gasteiger partial charge in [0, 0.05) is 24.5 Å². The van der Waals surface area contributed by atoms with E-state index in [0.717, 1.165) is 22.0 Å². The summed E-state index contributed by atoms with van der Waals surface area (Å²) in [6.07, 6.45) is 5.03. The van der Waals surface area contributed by atoms with E-state index in [-0.39, 0.29) is 5.91 Å². The van der Waals surface area contributed by atoms with Gasteiger partial charge in [0.05, 0.1) is 23.1 Å². The van der Waals surface area contributed by atoms with Crippen molar-refractivity contribution in [2.45, 2.75) is 13.8 Å². The van der Waals surface area contributed by atoms with E-state index in [2.05, 4.69) is 15.1 Å². The largest absolute Gasteiger partial charge is 0.297 e. The molecule has 0 spiro atoms. The van der Waals surface area contributed by atoms with Gasteiger partial charge in [-0.2, -0.15) is 5.10 Å². The van der Waals surface area contributed by atoms with Crippen LogP contribution in [0, 0.1) is 6.92 Å². The molecule has 0 atom stereocenters. The van der Waals surface area contributed by atoms with Crippen molar-refractivity contribution in [3.8, 4) is 16.3 Å². The Bertz CT molecular complexity index is 1140. The molecule has 0 bridgehead atoms. The first-order valence-electron chi connectivity index (χ1n) is 9.08. The summed E-state index contributed by atoms with van der Waals surface area (Å²) in [5.41, 5.74) is 3.07. The van der Waals surface area contributed by atoms with E-state index < -0.39 is 0 Å². The number of carbonyl (C=O) groups excluding carboxylic acids is 1. The average Bonchev–Trinajstić information content (AvgIpc) is 3.33. The van der Waals surface area contributed by atoms with Crippen molar-refractivity contribution in [1.82, 2.24) is 19.7 Å². The van der Waals surface area contributed by atoms with Gasteiger partial charge in [-0.05, 0) is 38.1 Å². The summed E-state index contributed by atoms with van der Waals surface area (Å²) in [6, 6.07) is 13.5. The number of hydrogen-bond acceptors (Lipinski definition) is 5. The maximum atomic E-state index is 13.3. The lowest BCUT2D eigenvalue weighted by Crippen LogP contribution is -2.30. The van der Waals surface area contributed by atoms with E-state index in [0.29, 0.717) is 22.3 Å². The predicted octanol–water partition coefficient (Wildman–Crippen LogP) is 5.02. The zero-order valence-corrected chi connectivity index (χ0v) is 17.5. The van der Waals surface area contributed by atoms with Gasteiger partial charge in [-0.1, -0.05) is 41.1 Å². The van der Waals surface area contributed by atoms with Crippen molar-refractivity contribution < 1.29 is 4.79 Å². The molecule has 0 N–H and O–H groups in total. The fourth-order valence-corrected chi connectivity index (χ4v) is 4.41. The summed E-state index contributed by atoms with van der Waals surface area (Å²) in [5, 5.41) is 6.05. The van der Waals surface area contributed by atoms with Gasteiger partial charge >= 0.3 is 0 Å².